The summed E-state index contributed by atoms with van der Waals surface area (Å²) in [5, 5.41) is 9.40. The molecule has 2 fully saturated rings. The second-order valence-electron chi connectivity index (χ2n) is 7.67. The molecule has 2 aromatic heterocycles. The first kappa shape index (κ1) is 16.1. The van der Waals surface area contributed by atoms with E-state index in [4.69, 9.17) is 0 Å². The van der Waals surface area contributed by atoms with Crippen molar-refractivity contribution in [3.05, 3.63) is 16.6 Å². The van der Waals surface area contributed by atoms with Crippen molar-refractivity contribution in [2.45, 2.75) is 63.6 Å². The molecule has 24 heavy (non-hydrogen) atoms. The van der Waals surface area contributed by atoms with Crippen LogP contribution in [0.15, 0.2) is 6.07 Å². The van der Waals surface area contributed by atoms with Gasteiger partial charge in [-0.1, -0.05) is 13.8 Å². The Morgan fingerprint density at radius 3 is 2.67 bits per heavy atom. The average Bonchev–Trinajstić information content (AvgIpc) is 3.21. The number of hydrogen-bond acceptors (Lipinski definition) is 4. The molecule has 0 saturated carbocycles. The maximum absolute atomic E-state index is 13.0. The number of aromatic nitrogens is 2. The van der Waals surface area contributed by atoms with E-state index in [1.54, 1.807) is 11.3 Å². The number of nitrogens with one attached hydrogen (secondary N) is 1. The van der Waals surface area contributed by atoms with Gasteiger partial charge in [0.1, 0.15) is 4.83 Å². The van der Waals surface area contributed by atoms with Crippen LogP contribution in [0.25, 0.3) is 10.2 Å². The van der Waals surface area contributed by atoms with Gasteiger partial charge in [0, 0.05) is 37.6 Å². The molecule has 2 atom stereocenters. The third-order valence-corrected chi connectivity index (χ3v) is 6.80. The molecule has 6 heteroatoms. The molecule has 4 rings (SSSR count). The fourth-order valence-corrected chi connectivity index (χ4v) is 5.34. The number of aryl methyl sites for hydroxylation is 1. The molecule has 130 valence electrons. The fraction of sp³-hybridized carbons (Fsp3) is 0.667. The smallest absolute Gasteiger partial charge is 0.264 e. The van der Waals surface area contributed by atoms with Crippen molar-refractivity contribution >= 4 is 27.5 Å². The minimum absolute atomic E-state index is 0.164. The summed E-state index contributed by atoms with van der Waals surface area (Å²) in [6.45, 7) is 4.30. The molecule has 5 nitrogen and oxygen atoms in total. The zero-order valence-corrected chi connectivity index (χ0v) is 15.7. The molecule has 2 aliphatic heterocycles. The molecular formula is C18H26N4OS. The summed E-state index contributed by atoms with van der Waals surface area (Å²) < 4.78 is 1.91. The average molecular weight is 347 g/mol. The van der Waals surface area contributed by atoms with Crippen LogP contribution in [0.3, 0.4) is 0 Å². The molecule has 4 heterocycles. The minimum Gasteiger partial charge on any atom is -0.338 e. The monoisotopic (exact) mass is 346 g/mol. The first-order valence-corrected chi connectivity index (χ1v) is 9.75. The lowest BCUT2D eigenvalue weighted by molar-refractivity contribution is 0.0686. The van der Waals surface area contributed by atoms with Crippen molar-refractivity contribution in [1.82, 2.24) is 20.0 Å². The van der Waals surface area contributed by atoms with Crippen molar-refractivity contribution in [3.8, 4) is 0 Å². The van der Waals surface area contributed by atoms with Gasteiger partial charge < -0.3 is 10.2 Å². The third-order valence-electron chi connectivity index (χ3n) is 5.61. The molecule has 2 aromatic rings. The second-order valence-corrected chi connectivity index (χ2v) is 8.70. The van der Waals surface area contributed by atoms with Crippen molar-refractivity contribution in [1.29, 1.82) is 0 Å². The Bertz CT molecular complexity index is 765. The summed E-state index contributed by atoms with van der Waals surface area (Å²) in [7, 11) is 3.94. The predicted octanol–water partition coefficient (Wildman–Crippen LogP) is 3.11. The highest BCUT2D eigenvalue weighted by molar-refractivity contribution is 7.20. The van der Waals surface area contributed by atoms with E-state index in [0.29, 0.717) is 24.0 Å². The van der Waals surface area contributed by atoms with Gasteiger partial charge in [-0.15, -0.1) is 11.3 Å². The maximum atomic E-state index is 13.0. The highest BCUT2D eigenvalue weighted by Gasteiger charge is 2.36. The molecule has 2 bridgehead atoms. The van der Waals surface area contributed by atoms with E-state index in [0.717, 1.165) is 33.6 Å². The van der Waals surface area contributed by atoms with Crippen molar-refractivity contribution in [2.24, 2.45) is 7.05 Å². The third kappa shape index (κ3) is 2.56. The number of nitrogens with zero attached hydrogens (tertiary/aromatic N) is 3. The van der Waals surface area contributed by atoms with Crippen LogP contribution in [-0.2, 0) is 7.05 Å². The van der Waals surface area contributed by atoms with Crippen LogP contribution in [0.5, 0.6) is 0 Å². The second kappa shape index (κ2) is 5.85. The van der Waals surface area contributed by atoms with E-state index in [1.165, 1.54) is 12.8 Å². The van der Waals surface area contributed by atoms with Crippen molar-refractivity contribution in [2.75, 3.05) is 7.05 Å². The topological polar surface area (TPSA) is 50.2 Å². The number of hydrogen-bond donors (Lipinski definition) is 1. The zero-order chi connectivity index (χ0) is 17.0. The Labute approximate surface area is 147 Å². The van der Waals surface area contributed by atoms with Gasteiger partial charge in [0.15, 0.2) is 0 Å². The summed E-state index contributed by atoms with van der Waals surface area (Å²) in [4.78, 5) is 16.9. The number of carbonyl (C=O) groups is 1. The normalized spacial score (nSPS) is 26.5. The number of amides is 1. The van der Waals surface area contributed by atoms with Crippen LogP contribution in [0.4, 0.5) is 0 Å². The molecular weight excluding hydrogens is 320 g/mol. The summed E-state index contributed by atoms with van der Waals surface area (Å²) in [5.41, 5.74) is 1.09. The molecule has 1 amide bonds. The summed E-state index contributed by atoms with van der Waals surface area (Å²) in [6.07, 6.45) is 4.69. The van der Waals surface area contributed by atoms with E-state index in [2.05, 4.69) is 30.3 Å². The van der Waals surface area contributed by atoms with E-state index in [1.807, 2.05) is 23.7 Å². The van der Waals surface area contributed by atoms with Crippen LogP contribution >= 0.6 is 11.3 Å². The van der Waals surface area contributed by atoms with Gasteiger partial charge in [0.2, 0.25) is 0 Å². The van der Waals surface area contributed by atoms with Crippen LogP contribution in [-0.4, -0.2) is 45.8 Å². The Morgan fingerprint density at radius 2 is 2.04 bits per heavy atom. The summed E-state index contributed by atoms with van der Waals surface area (Å²) in [5.74, 6) is 0.529. The number of thiophene rings is 1. The lowest BCUT2D eigenvalue weighted by Gasteiger charge is -2.35. The molecule has 0 radical (unpaired) electrons. The van der Waals surface area contributed by atoms with Gasteiger partial charge in [-0.3, -0.25) is 9.48 Å². The van der Waals surface area contributed by atoms with Crippen LogP contribution in [0, 0.1) is 0 Å². The van der Waals surface area contributed by atoms with Gasteiger partial charge in [-0.2, -0.15) is 5.10 Å². The SMILES string of the molecule is CC(C)c1nn(C)c2sc(C(=O)N(C)C3CC4CCC(C3)N4)cc12. The summed E-state index contributed by atoms with van der Waals surface area (Å²) in [6, 6.07) is 3.62. The Morgan fingerprint density at radius 1 is 1.38 bits per heavy atom. The lowest BCUT2D eigenvalue weighted by atomic mass is 9.98. The number of carbonyl (C=O) groups excluding carboxylic acids is 1. The van der Waals surface area contributed by atoms with Crippen LogP contribution < -0.4 is 5.32 Å². The van der Waals surface area contributed by atoms with E-state index >= 15 is 0 Å². The van der Waals surface area contributed by atoms with E-state index in [9.17, 15) is 4.79 Å². The van der Waals surface area contributed by atoms with Crippen LogP contribution in [0.2, 0.25) is 0 Å². The Kier molecular flexibility index (Phi) is 3.92. The van der Waals surface area contributed by atoms with Crippen molar-refractivity contribution < 1.29 is 4.79 Å². The molecule has 2 aliphatic rings. The van der Waals surface area contributed by atoms with Gasteiger partial charge in [0.25, 0.3) is 5.91 Å². The quantitative estimate of drug-likeness (QED) is 0.929. The van der Waals surface area contributed by atoms with E-state index < -0.39 is 0 Å². The molecule has 0 aliphatic carbocycles. The molecule has 0 spiro atoms. The first-order valence-electron chi connectivity index (χ1n) is 8.93. The Hall–Kier alpha value is -1.40. The Balaban J connectivity index is 1.60. The first-order chi connectivity index (χ1) is 11.4. The molecule has 0 aromatic carbocycles. The standard InChI is InChI=1S/C18H26N4OS/c1-10(2)16-14-9-15(24-18(14)22(4)20-16)17(23)21(3)13-7-11-5-6-12(8-13)19-11/h9-13,19H,5-8H2,1-4H3. The van der Waals surface area contributed by atoms with E-state index in [-0.39, 0.29) is 5.91 Å². The van der Waals surface area contributed by atoms with Gasteiger partial charge in [0.05, 0.1) is 10.6 Å². The van der Waals surface area contributed by atoms with Crippen LogP contribution in [0.1, 0.15) is 60.8 Å². The lowest BCUT2D eigenvalue weighted by Crippen LogP contribution is -2.48. The maximum Gasteiger partial charge on any atom is 0.264 e. The highest BCUT2D eigenvalue weighted by Crippen LogP contribution is 2.34. The molecule has 2 unspecified atom stereocenters. The largest absolute Gasteiger partial charge is 0.338 e. The van der Waals surface area contributed by atoms with Gasteiger partial charge >= 0.3 is 0 Å². The van der Waals surface area contributed by atoms with Crippen molar-refractivity contribution in [3.63, 3.8) is 0 Å². The molecule has 1 N–H and O–H groups in total. The summed E-state index contributed by atoms with van der Waals surface area (Å²) >= 11 is 1.57. The van der Waals surface area contributed by atoms with Gasteiger partial charge in [-0.05, 0) is 37.7 Å². The highest BCUT2D eigenvalue weighted by atomic mass is 32.1. The minimum atomic E-state index is 0.164. The molecule has 2 saturated heterocycles. The number of rotatable bonds is 3. The number of piperidine rings is 1. The van der Waals surface area contributed by atoms with Gasteiger partial charge in [-0.25, -0.2) is 0 Å². The number of fused-ring (bicyclic) bond motifs is 3. The zero-order valence-electron chi connectivity index (χ0n) is 14.9. The fourth-order valence-electron chi connectivity index (χ4n) is 4.28. The predicted molar refractivity (Wildman–Crippen MR) is 97.7 cm³/mol.